The monoisotopic (exact) mass is 241 g/mol. The van der Waals surface area contributed by atoms with Crippen molar-refractivity contribution >= 4 is 16.8 Å². The molecule has 0 aliphatic heterocycles. The van der Waals surface area contributed by atoms with E-state index in [-0.39, 0.29) is 0 Å². The molecule has 0 amide bonds. The number of nitrogens with zero attached hydrogens (tertiary/aromatic N) is 2. The Morgan fingerprint density at radius 1 is 1.33 bits per heavy atom. The number of fused-ring (bicyclic) bond motifs is 1. The van der Waals surface area contributed by atoms with Crippen LogP contribution in [0.1, 0.15) is 11.5 Å². The molecule has 0 saturated heterocycles. The first kappa shape index (κ1) is 10.9. The van der Waals surface area contributed by atoms with E-state index >= 15 is 0 Å². The number of rotatable bonds is 3. The van der Waals surface area contributed by atoms with Gasteiger partial charge in [0.2, 0.25) is 0 Å². The van der Waals surface area contributed by atoms with Crippen LogP contribution in [0.25, 0.3) is 11.1 Å². The van der Waals surface area contributed by atoms with Crippen LogP contribution in [-0.2, 0) is 13.6 Å². The number of hydrogen-bond donors (Lipinski definition) is 1. The predicted octanol–water partition coefficient (Wildman–Crippen LogP) is 3.09. The zero-order valence-corrected chi connectivity index (χ0v) is 10.5. The van der Waals surface area contributed by atoms with Gasteiger partial charge in [-0.05, 0) is 29.8 Å². The predicted molar refractivity (Wildman–Crippen MR) is 71.5 cm³/mol. The van der Waals surface area contributed by atoms with Gasteiger partial charge in [-0.2, -0.15) is 0 Å². The first-order valence-electron chi connectivity index (χ1n) is 5.92. The number of anilines is 1. The number of oxazole rings is 1. The molecule has 2 aromatic heterocycles. The number of aryl methyl sites for hydroxylation is 2. The summed E-state index contributed by atoms with van der Waals surface area (Å²) in [6.07, 6.45) is 4.15. The summed E-state index contributed by atoms with van der Waals surface area (Å²) in [5, 5.41) is 3.38. The van der Waals surface area contributed by atoms with Crippen molar-refractivity contribution in [3.63, 3.8) is 0 Å². The quantitative estimate of drug-likeness (QED) is 0.766. The van der Waals surface area contributed by atoms with E-state index in [1.165, 1.54) is 5.56 Å². The largest absolute Gasteiger partial charge is 0.441 e. The summed E-state index contributed by atoms with van der Waals surface area (Å²) < 4.78 is 7.49. The minimum atomic E-state index is 0.699. The molecule has 92 valence electrons. The number of aromatic nitrogens is 2. The van der Waals surface area contributed by atoms with E-state index in [1.807, 2.05) is 42.9 Å². The first-order chi connectivity index (χ1) is 8.70. The van der Waals surface area contributed by atoms with E-state index in [1.54, 1.807) is 0 Å². The molecule has 0 unspecified atom stereocenters. The molecule has 3 rings (SSSR count). The van der Waals surface area contributed by atoms with Crippen LogP contribution in [0, 0.1) is 6.92 Å². The lowest BCUT2D eigenvalue weighted by molar-refractivity contribution is 0.561. The average Bonchev–Trinajstić information content (AvgIpc) is 2.90. The highest BCUT2D eigenvalue weighted by Crippen LogP contribution is 2.20. The fourth-order valence-corrected chi connectivity index (χ4v) is 2.02. The summed E-state index contributed by atoms with van der Waals surface area (Å²) in [6, 6.07) is 8.07. The van der Waals surface area contributed by atoms with Gasteiger partial charge in [0.1, 0.15) is 5.52 Å². The molecule has 0 fully saturated rings. The molecule has 0 bridgehead atoms. The standard InChI is InChI=1S/C14H15N3O/c1-10-16-13-7-12(3-4-14(13)18-10)15-8-11-5-6-17(2)9-11/h3-7,9,15H,8H2,1-2H3. The Labute approximate surface area is 105 Å². The molecule has 0 aliphatic carbocycles. The lowest BCUT2D eigenvalue weighted by atomic mass is 10.2. The van der Waals surface area contributed by atoms with Crippen LogP contribution in [-0.4, -0.2) is 9.55 Å². The summed E-state index contributed by atoms with van der Waals surface area (Å²) in [6.45, 7) is 2.67. The fraction of sp³-hybridized carbons (Fsp3) is 0.214. The first-order valence-corrected chi connectivity index (χ1v) is 5.92. The van der Waals surface area contributed by atoms with Gasteiger partial charge in [0.15, 0.2) is 11.5 Å². The molecule has 18 heavy (non-hydrogen) atoms. The van der Waals surface area contributed by atoms with Crippen molar-refractivity contribution in [2.75, 3.05) is 5.32 Å². The minimum absolute atomic E-state index is 0.699. The summed E-state index contributed by atoms with van der Waals surface area (Å²) in [5.74, 6) is 0.699. The third-order valence-electron chi connectivity index (χ3n) is 2.88. The maximum Gasteiger partial charge on any atom is 0.192 e. The van der Waals surface area contributed by atoms with E-state index in [0.29, 0.717) is 5.89 Å². The van der Waals surface area contributed by atoms with Gasteiger partial charge in [0, 0.05) is 38.6 Å². The summed E-state index contributed by atoms with van der Waals surface area (Å²) in [4.78, 5) is 4.32. The molecule has 2 heterocycles. The van der Waals surface area contributed by atoms with Crippen LogP contribution in [0.4, 0.5) is 5.69 Å². The van der Waals surface area contributed by atoms with E-state index in [4.69, 9.17) is 4.42 Å². The van der Waals surface area contributed by atoms with Gasteiger partial charge in [0.25, 0.3) is 0 Å². The van der Waals surface area contributed by atoms with Gasteiger partial charge in [-0.3, -0.25) is 0 Å². The molecular weight excluding hydrogens is 226 g/mol. The smallest absolute Gasteiger partial charge is 0.192 e. The summed E-state index contributed by atoms with van der Waals surface area (Å²) >= 11 is 0. The highest BCUT2D eigenvalue weighted by atomic mass is 16.3. The van der Waals surface area contributed by atoms with E-state index in [9.17, 15) is 0 Å². The van der Waals surface area contributed by atoms with Gasteiger partial charge < -0.3 is 14.3 Å². The molecule has 4 heteroatoms. The van der Waals surface area contributed by atoms with Gasteiger partial charge in [-0.1, -0.05) is 0 Å². The summed E-state index contributed by atoms with van der Waals surface area (Å²) in [5.41, 5.74) is 4.04. The number of hydrogen-bond acceptors (Lipinski definition) is 3. The third kappa shape index (κ3) is 2.09. The van der Waals surface area contributed by atoms with Crippen LogP contribution in [0.3, 0.4) is 0 Å². The number of nitrogens with one attached hydrogen (secondary N) is 1. The maximum absolute atomic E-state index is 5.45. The Balaban J connectivity index is 1.78. The second-order valence-electron chi connectivity index (χ2n) is 4.45. The SMILES string of the molecule is Cc1nc2cc(NCc3ccn(C)c3)ccc2o1. The maximum atomic E-state index is 5.45. The van der Waals surface area contributed by atoms with Crippen molar-refractivity contribution in [3.05, 3.63) is 48.1 Å². The van der Waals surface area contributed by atoms with Crippen molar-refractivity contribution in [1.82, 2.24) is 9.55 Å². The lowest BCUT2D eigenvalue weighted by Crippen LogP contribution is -1.98. The van der Waals surface area contributed by atoms with Crippen LogP contribution < -0.4 is 5.32 Å². The topological polar surface area (TPSA) is 43.0 Å². The minimum Gasteiger partial charge on any atom is -0.441 e. The third-order valence-corrected chi connectivity index (χ3v) is 2.88. The average molecular weight is 241 g/mol. The van der Waals surface area contributed by atoms with Crippen molar-refractivity contribution in [2.24, 2.45) is 7.05 Å². The van der Waals surface area contributed by atoms with Gasteiger partial charge >= 0.3 is 0 Å². The Hall–Kier alpha value is -2.23. The normalized spacial score (nSPS) is 11.0. The molecule has 3 aromatic rings. The molecule has 0 spiro atoms. The van der Waals surface area contributed by atoms with Gasteiger partial charge in [-0.25, -0.2) is 4.98 Å². The zero-order valence-electron chi connectivity index (χ0n) is 10.5. The Morgan fingerprint density at radius 3 is 3.00 bits per heavy atom. The summed E-state index contributed by atoms with van der Waals surface area (Å²) in [7, 11) is 2.02. The molecule has 0 aliphatic rings. The van der Waals surface area contributed by atoms with E-state index in [0.717, 1.165) is 23.3 Å². The van der Waals surface area contributed by atoms with Crippen LogP contribution in [0.5, 0.6) is 0 Å². The Kier molecular flexibility index (Phi) is 2.55. The number of benzene rings is 1. The lowest BCUT2D eigenvalue weighted by Gasteiger charge is -2.04. The van der Waals surface area contributed by atoms with Crippen molar-refractivity contribution in [2.45, 2.75) is 13.5 Å². The molecule has 0 atom stereocenters. The Morgan fingerprint density at radius 2 is 2.22 bits per heavy atom. The van der Waals surface area contributed by atoms with Gasteiger partial charge in [-0.15, -0.1) is 0 Å². The molecule has 0 saturated carbocycles. The van der Waals surface area contributed by atoms with Crippen LogP contribution in [0.2, 0.25) is 0 Å². The van der Waals surface area contributed by atoms with Crippen molar-refractivity contribution < 1.29 is 4.42 Å². The fourth-order valence-electron chi connectivity index (χ4n) is 2.02. The molecule has 1 aromatic carbocycles. The highest BCUT2D eigenvalue weighted by Gasteiger charge is 2.03. The molecular formula is C14H15N3O. The second kappa shape index (κ2) is 4.22. The van der Waals surface area contributed by atoms with Crippen LogP contribution >= 0.6 is 0 Å². The highest BCUT2D eigenvalue weighted by molar-refractivity contribution is 5.77. The molecule has 0 radical (unpaired) electrons. The molecule has 4 nitrogen and oxygen atoms in total. The molecule has 1 N–H and O–H groups in total. The van der Waals surface area contributed by atoms with Crippen molar-refractivity contribution in [3.8, 4) is 0 Å². The van der Waals surface area contributed by atoms with Crippen molar-refractivity contribution in [1.29, 1.82) is 0 Å². The van der Waals surface area contributed by atoms with Crippen LogP contribution in [0.15, 0.2) is 41.1 Å². The van der Waals surface area contributed by atoms with Gasteiger partial charge in [0.05, 0.1) is 0 Å². The second-order valence-corrected chi connectivity index (χ2v) is 4.45. The zero-order chi connectivity index (χ0) is 12.5. The van der Waals surface area contributed by atoms with E-state index < -0.39 is 0 Å². The van der Waals surface area contributed by atoms with E-state index in [2.05, 4.69) is 22.6 Å². The Bertz CT molecular complexity index is 681.